The van der Waals surface area contributed by atoms with E-state index in [-0.39, 0.29) is 24.0 Å². The van der Waals surface area contributed by atoms with Gasteiger partial charge in [0.15, 0.2) is 5.96 Å². The highest BCUT2D eigenvalue weighted by Gasteiger charge is 2.15. The molecule has 1 unspecified atom stereocenters. The molecular weight excluding hydrogens is 421 g/mol. The lowest BCUT2D eigenvalue weighted by atomic mass is 10.2. The molecule has 1 aromatic heterocycles. The molecule has 0 saturated carbocycles. The van der Waals surface area contributed by atoms with Gasteiger partial charge in [0.25, 0.3) is 0 Å². The lowest BCUT2D eigenvalue weighted by Crippen LogP contribution is -2.40. The molecular formula is C17H24IN3OS. The van der Waals surface area contributed by atoms with Crippen LogP contribution in [-0.2, 0) is 6.42 Å². The molecule has 0 aliphatic carbocycles. The maximum Gasteiger partial charge on any atom is 0.191 e. The summed E-state index contributed by atoms with van der Waals surface area (Å²) < 4.78 is 5.82. The average molecular weight is 445 g/mol. The van der Waals surface area contributed by atoms with Crippen LogP contribution in [0.1, 0.15) is 18.6 Å². The highest BCUT2D eigenvalue weighted by molar-refractivity contribution is 14.0. The largest absolute Gasteiger partial charge is 0.461 e. The average Bonchev–Trinajstić information content (AvgIpc) is 3.19. The van der Waals surface area contributed by atoms with Gasteiger partial charge in [-0.15, -0.1) is 24.0 Å². The van der Waals surface area contributed by atoms with Crippen LogP contribution >= 0.6 is 35.7 Å². The number of guanidine groups is 1. The van der Waals surface area contributed by atoms with Crippen molar-refractivity contribution in [2.45, 2.75) is 24.5 Å². The fourth-order valence-electron chi connectivity index (χ4n) is 2.70. The summed E-state index contributed by atoms with van der Waals surface area (Å²) in [5.74, 6) is 3.18. The quantitative estimate of drug-likeness (QED) is 0.419. The molecule has 2 N–H and O–H groups in total. The Bertz CT molecular complexity index is 605. The van der Waals surface area contributed by atoms with E-state index in [0.717, 1.165) is 42.1 Å². The number of hydrogen-bond donors (Lipinski definition) is 2. The van der Waals surface area contributed by atoms with E-state index in [1.807, 2.05) is 25.2 Å². The Balaban J connectivity index is 0.00000192. The maximum absolute atomic E-state index is 5.82. The second kappa shape index (κ2) is 9.42. The van der Waals surface area contributed by atoms with Gasteiger partial charge in [-0.25, -0.2) is 0 Å². The van der Waals surface area contributed by atoms with Crippen LogP contribution in [0.4, 0.5) is 0 Å². The van der Waals surface area contributed by atoms with Crippen molar-refractivity contribution >= 4 is 52.7 Å². The number of furan rings is 1. The molecule has 6 heteroatoms. The number of rotatable bonds is 5. The van der Waals surface area contributed by atoms with Gasteiger partial charge in [-0.2, -0.15) is 11.8 Å². The highest BCUT2D eigenvalue weighted by atomic mass is 127. The van der Waals surface area contributed by atoms with Crippen molar-refractivity contribution in [1.29, 1.82) is 0 Å². The fraction of sp³-hybridized carbons (Fsp3) is 0.471. The van der Waals surface area contributed by atoms with Crippen LogP contribution in [-0.4, -0.2) is 37.1 Å². The second-order valence-corrected chi connectivity index (χ2v) is 6.92. The SMILES string of the molecule is CN=C(NCCc1cc2ccccc2o1)NCC1CCCS1.I. The molecule has 1 saturated heterocycles. The van der Waals surface area contributed by atoms with Gasteiger partial charge in [-0.3, -0.25) is 4.99 Å². The molecule has 0 bridgehead atoms. The minimum Gasteiger partial charge on any atom is -0.461 e. The topological polar surface area (TPSA) is 49.6 Å². The van der Waals surface area contributed by atoms with Crippen molar-refractivity contribution in [3.8, 4) is 0 Å². The Kier molecular flexibility index (Phi) is 7.55. The number of thioether (sulfide) groups is 1. The standard InChI is InChI=1S/C17H23N3OS.HI/c1-18-17(20-12-15-6-4-10-22-15)19-9-8-14-11-13-5-2-3-7-16(13)21-14;/h2-3,5,7,11,15H,4,6,8-10,12H2,1H3,(H2,18,19,20);1H. The van der Waals surface area contributed by atoms with Crippen molar-refractivity contribution in [2.24, 2.45) is 4.99 Å². The summed E-state index contributed by atoms with van der Waals surface area (Å²) in [7, 11) is 1.82. The molecule has 0 radical (unpaired) electrons. The second-order valence-electron chi connectivity index (χ2n) is 5.52. The van der Waals surface area contributed by atoms with Gasteiger partial charge in [0, 0.05) is 37.2 Å². The summed E-state index contributed by atoms with van der Waals surface area (Å²) in [5, 5.41) is 8.66. The molecule has 23 heavy (non-hydrogen) atoms. The van der Waals surface area contributed by atoms with E-state index in [1.165, 1.54) is 24.0 Å². The Labute approximate surface area is 158 Å². The van der Waals surface area contributed by atoms with E-state index in [2.05, 4.69) is 39.5 Å². The van der Waals surface area contributed by atoms with Crippen molar-refractivity contribution in [3.05, 3.63) is 36.1 Å². The third kappa shape index (κ3) is 5.31. The van der Waals surface area contributed by atoms with Crippen LogP contribution < -0.4 is 10.6 Å². The maximum atomic E-state index is 5.82. The first kappa shape index (κ1) is 18.4. The van der Waals surface area contributed by atoms with E-state index in [9.17, 15) is 0 Å². The molecule has 1 fully saturated rings. The number of nitrogens with one attached hydrogen (secondary N) is 2. The Morgan fingerprint density at radius 2 is 2.22 bits per heavy atom. The summed E-state index contributed by atoms with van der Waals surface area (Å²) in [6.45, 7) is 1.81. The number of benzene rings is 1. The lowest BCUT2D eigenvalue weighted by molar-refractivity contribution is 0.544. The number of halogens is 1. The van der Waals surface area contributed by atoms with Crippen molar-refractivity contribution in [2.75, 3.05) is 25.9 Å². The fourth-order valence-corrected chi connectivity index (χ4v) is 3.90. The van der Waals surface area contributed by atoms with Crippen LogP contribution in [0.15, 0.2) is 39.7 Å². The van der Waals surface area contributed by atoms with Crippen LogP contribution in [0.25, 0.3) is 11.0 Å². The van der Waals surface area contributed by atoms with E-state index < -0.39 is 0 Å². The normalized spacial score (nSPS) is 18.0. The summed E-state index contributed by atoms with van der Waals surface area (Å²) in [6.07, 6.45) is 3.51. The zero-order chi connectivity index (χ0) is 15.2. The smallest absolute Gasteiger partial charge is 0.191 e. The molecule has 2 aromatic rings. The van der Waals surface area contributed by atoms with Gasteiger partial charge < -0.3 is 15.1 Å². The van der Waals surface area contributed by atoms with E-state index in [1.54, 1.807) is 0 Å². The van der Waals surface area contributed by atoms with E-state index in [0.29, 0.717) is 0 Å². The molecule has 1 aliphatic heterocycles. The summed E-state index contributed by atoms with van der Waals surface area (Å²) in [5.41, 5.74) is 0.957. The molecule has 1 atom stereocenters. The summed E-state index contributed by atoms with van der Waals surface area (Å²) in [6, 6.07) is 10.2. The predicted molar refractivity (Wildman–Crippen MR) is 110 cm³/mol. The van der Waals surface area contributed by atoms with Crippen LogP contribution in [0.2, 0.25) is 0 Å². The van der Waals surface area contributed by atoms with Gasteiger partial charge in [0.2, 0.25) is 0 Å². The van der Waals surface area contributed by atoms with Gasteiger partial charge in [0.05, 0.1) is 0 Å². The van der Waals surface area contributed by atoms with Crippen molar-refractivity contribution in [1.82, 2.24) is 10.6 Å². The van der Waals surface area contributed by atoms with Gasteiger partial charge in [-0.05, 0) is 30.7 Å². The minimum atomic E-state index is 0. The number of fused-ring (bicyclic) bond motifs is 1. The van der Waals surface area contributed by atoms with E-state index >= 15 is 0 Å². The van der Waals surface area contributed by atoms with Gasteiger partial charge in [-0.1, -0.05) is 18.2 Å². The molecule has 1 aliphatic rings. The summed E-state index contributed by atoms with van der Waals surface area (Å²) in [4.78, 5) is 4.28. The van der Waals surface area contributed by atoms with Crippen molar-refractivity contribution < 1.29 is 4.42 Å². The Hall–Kier alpha value is -0.890. The first-order chi connectivity index (χ1) is 10.8. The van der Waals surface area contributed by atoms with Gasteiger partial charge >= 0.3 is 0 Å². The Morgan fingerprint density at radius 1 is 1.35 bits per heavy atom. The highest BCUT2D eigenvalue weighted by Crippen LogP contribution is 2.25. The zero-order valence-electron chi connectivity index (χ0n) is 13.4. The predicted octanol–water partition coefficient (Wildman–Crippen LogP) is 3.65. The van der Waals surface area contributed by atoms with Crippen LogP contribution in [0.3, 0.4) is 0 Å². The number of para-hydroxylation sites is 1. The molecule has 3 rings (SSSR count). The third-order valence-corrected chi connectivity index (χ3v) is 5.28. The molecule has 4 nitrogen and oxygen atoms in total. The summed E-state index contributed by atoms with van der Waals surface area (Å²) >= 11 is 2.06. The molecule has 2 heterocycles. The van der Waals surface area contributed by atoms with E-state index in [4.69, 9.17) is 4.42 Å². The first-order valence-corrected chi connectivity index (χ1v) is 8.93. The minimum absolute atomic E-state index is 0. The molecule has 126 valence electrons. The van der Waals surface area contributed by atoms with Crippen LogP contribution in [0, 0.1) is 0 Å². The monoisotopic (exact) mass is 445 g/mol. The zero-order valence-corrected chi connectivity index (χ0v) is 16.5. The molecule has 0 amide bonds. The number of aliphatic imine (C=N–C) groups is 1. The first-order valence-electron chi connectivity index (χ1n) is 7.89. The number of hydrogen-bond acceptors (Lipinski definition) is 3. The van der Waals surface area contributed by atoms with Crippen LogP contribution in [0.5, 0.6) is 0 Å². The number of nitrogens with zero attached hydrogens (tertiary/aromatic N) is 1. The molecule has 0 spiro atoms. The Morgan fingerprint density at radius 3 is 2.96 bits per heavy atom. The molecule has 1 aromatic carbocycles. The van der Waals surface area contributed by atoms with Gasteiger partial charge in [0.1, 0.15) is 11.3 Å². The third-order valence-electron chi connectivity index (χ3n) is 3.89. The van der Waals surface area contributed by atoms with Crippen molar-refractivity contribution in [3.63, 3.8) is 0 Å². The lowest BCUT2D eigenvalue weighted by Gasteiger charge is -2.14.